The van der Waals surface area contributed by atoms with Crippen LogP contribution in [0.3, 0.4) is 0 Å². The molecule has 0 heteroatoms. The molecule has 0 bridgehead atoms. The Balaban J connectivity index is 1.90. The first-order chi connectivity index (χ1) is 18.3. The number of hydrogen-bond acceptors (Lipinski definition) is 0. The predicted octanol–water partition coefficient (Wildman–Crippen LogP) is 11.8. The third-order valence-electron chi connectivity index (χ3n) is 8.18. The zero-order chi connectivity index (χ0) is 26.1. The molecule has 0 amide bonds. The molecule has 0 aliphatic rings. The lowest BCUT2D eigenvalue weighted by Crippen LogP contribution is -2.12. The first-order valence-electron chi connectivity index (χ1n) is 15.5. The van der Waals surface area contributed by atoms with Crippen LogP contribution in [0.4, 0.5) is 0 Å². The van der Waals surface area contributed by atoms with Crippen molar-refractivity contribution >= 4 is 0 Å². The standard InChI is InChI=1S/C37H52/c1-4-6-8-10-12-20-28-34(32-24-16-14-17-25-32)36-30-22-23-31(3)37(36)35(33-26-18-15-19-27-33)29-21-13-11-9-7-5-2/h14-19,22-27,30,34-35H,4-13,20-21,28-29H2,1-3H3. The molecule has 0 saturated heterocycles. The van der Waals surface area contributed by atoms with Gasteiger partial charge in [0.15, 0.2) is 0 Å². The van der Waals surface area contributed by atoms with E-state index in [4.69, 9.17) is 0 Å². The highest BCUT2D eigenvalue weighted by atomic mass is 14.3. The first-order valence-corrected chi connectivity index (χ1v) is 15.5. The Morgan fingerprint density at radius 2 is 0.919 bits per heavy atom. The Labute approximate surface area is 228 Å². The molecule has 0 radical (unpaired) electrons. The second-order valence-electron chi connectivity index (χ2n) is 11.1. The minimum atomic E-state index is 0.470. The van der Waals surface area contributed by atoms with Gasteiger partial charge in [-0.1, -0.05) is 170 Å². The molecule has 3 rings (SSSR count). The maximum absolute atomic E-state index is 2.45. The predicted molar refractivity (Wildman–Crippen MR) is 164 cm³/mol. The van der Waals surface area contributed by atoms with E-state index < -0.39 is 0 Å². The molecule has 0 fully saturated rings. The summed E-state index contributed by atoms with van der Waals surface area (Å²) < 4.78 is 0. The highest BCUT2D eigenvalue weighted by Crippen LogP contribution is 2.41. The molecular formula is C37H52. The monoisotopic (exact) mass is 496 g/mol. The van der Waals surface area contributed by atoms with Gasteiger partial charge in [0.05, 0.1) is 0 Å². The van der Waals surface area contributed by atoms with Crippen LogP contribution in [0.15, 0.2) is 78.9 Å². The largest absolute Gasteiger partial charge is 0.0654 e. The van der Waals surface area contributed by atoms with Gasteiger partial charge in [-0.25, -0.2) is 0 Å². The van der Waals surface area contributed by atoms with Crippen molar-refractivity contribution in [1.29, 1.82) is 0 Å². The van der Waals surface area contributed by atoms with E-state index >= 15 is 0 Å². The fourth-order valence-corrected chi connectivity index (χ4v) is 6.09. The molecule has 0 aliphatic heterocycles. The Morgan fingerprint density at radius 1 is 0.459 bits per heavy atom. The van der Waals surface area contributed by atoms with Crippen LogP contribution in [0, 0.1) is 6.92 Å². The summed E-state index contributed by atoms with van der Waals surface area (Å²) in [6, 6.07) is 29.8. The van der Waals surface area contributed by atoms with Crippen LogP contribution < -0.4 is 0 Å². The lowest BCUT2D eigenvalue weighted by Gasteiger charge is -2.28. The van der Waals surface area contributed by atoms with Crippen LogP contribution in [0.5, 0.6) is 0 Å². The number of aryl methyl sites for hydroxylation is 1. The van der Waals surface area contributed by atoms with Crippen LogP contribution in [0.1, 0.15) is 143 Å². The molecule has 2 unspecified atom stereocenters. The van der Waals surface area contributed by atoms with Gasteiger partial charge in [-0.15, -0.1) is 0 Å². The molecule has 0 saturated carbocycles. The van der Waals surface area contributed by atoms with E-state index in [-0.39, 0.29) is 0 Å². The van der Waals surface area contributed by atoms with E-state index in [1.54, 1.807) is 11.1 Å². The first kappa shape index (κ1) is 29.2. The zero-order valence-corrected chi connectivity index (χ0v) is 24.1. The summed E-state index contributed by atoms with van der Waals surface area (Å²) in [5.41, 5.74) is 7.59. The Hall–Kier alpha value is -2.34. The zero-order valence-electron chi connectivity index (χ0n) is 24.1. The van der Waals surface area contributed by atoms with Gasteiger partial charge in [0, 0.05) is 11.8 Å². The third-order valence-corrected chi connectivity index (χ3v) is 8.18. The summed E-state index contributed by atoms with van der Waals surface area (Å²) >= 11 is 0. The second kappa shape index (κ2) is 17.2. The number of rotatable bonds is 18. The van der Waals surface area contributed by atoms with Crippen LogP contribution in [-0.2, 0) is 0 Å². The Morgan fingerprint density at radius 3 is 1.46 bits per heavy atom. The minimum absolute atomic E-state index is 0.470. The highest BCUT2D eigenvalue weighted by molar-refractivity contribution is 5.47. The molecule has 0 heterocycles. The normalized spacial score (nSPS) is 12.9. The fourth-order valence-electron chi connectivity index (χ4n) is 6.09. The summed E-state index contributed by atoms with van der Waals surface area (Å²) in [5, 5.41) is 0. The average Bonchev–Trinajstić information content (AvgIpc) is 2.94. The second-order valence-corrected chi connectivity index (χ2v) is 11.1. The maximum atomic E-state index is 2.45. The SMILES string of the molecule is CCCCCCCCC(c1ccccc1)c1cccc(C)c1C(CCCCCCCC)c1ccccc1. The van der Waals surface area contributed by atoms with Gasteiger partial charge in [0.1, 0.15) is 0 Å². The van der Waals surface area contributed by atoms with Gasteiger partial charge in [-0.05, 0) is 47.6 Å². The number of hydrogen-bond donors (Lipinski definition) is 0. The maximum Gasteiger partial charge on any atom is 0.00949 e. The molecule has 0 N–H and O–H groups in total. The van der Waals surface area contributed by atoms with E-state index in [1.165, 1.54) is 107 Å². The Bertz CT molecular complexity index is 971. The average molecular weight is 497 g/mol. The van der Waals surface area contributed by atoms with Crippen molar-refractivity contribution in [2.24, 2.45) is 0 Å². The van der Waals surface area contributed by atoms with E-state index in [0.29, 0.717) is 11.8 Å². The van der Waals surface area contributed by atoms with Crippen molar-refractivity contribution in [1.82, 2.24) is 0 Å². The van der Waals surface area contributed by atoms with E-state index in [0.717, 1.165) is 0 Å². The van der Waals surface area contributed by atoms with Crippen molar-refractivity contribution in [2.45, 2.75) is 122 Å². The van der Waals surface area contributed by atoms with Gasteiger partial charge >= 0.3 is 0 Å². The molecule has 2 atom stereocenters. The van der Waals surface area contributed by atoms with Gasteiger partial charge in [-0.3, -0.25) is 0 Å². The van der Waals surface area contributed by atoms with Gasteiger partial charge in [0.25, 0.3) is 0 Å². The van der Waals surface area contributed by atoms with Gasteiger partial charge in [-0.2, -0.15) is 0 Å². The molecule has 200 valence electrons. The third kappa shape index (κ3) is 9.48. The summed E-state index contributed by atoms with van der Waals surface area (Å²) in [6.45, 7) is 6.96. The van der Waals surface area contributed by atoms with Crippen LogP contribution in [0.2, 0.25) is 0 Å². The minimum Gasteiger partial charge on any atom is -0.0654 e. The molecular weight excluding hydrogens is 444 g/mol. The van der Waals surface area contributed by atoms with Gasteiger partial charge in [0.2, 0.25) is 0 Å². The topological polar surface area (TPSA) is 0 Å². The Kier molecular flexibility index (Phi) is 13.6. The van der Waals surface area contributed by atoms with E-state index in [1.807, 2.05) is 0 Å². The summed E-state index contributed by atoms with van der Waals surface area (Å²) in [6.07, 6.45) is 18.7. The summed E-state index contributed by atoms with van der Waals surface area (Å²) in [7, 11) is 0. The van der Waals surface area contributed by atoms with Gasteiger partial charge < -0.3 is 0 Å². The van der Waals surface area contributed by atoms with Crippen molar-refractivity contribution in [3.05, 3.63) is 107 Å². The smallest absolute Gasteiger partial charge is 0.00949 e. The quantitative estimate of drug-likeness (QED) is 0.154. The van der Waals surface area contributed by atoms with Crippen molar-refractivity contribution in [3.8, 4) is 0 Å². The van der Waals surface area contributed by atoms with E-state index in [2.05, 4.69) is 99.6 Å². The molecule has 0 aliphatic carbocycles. The summed E-state index contributed by atoms with van der Waals surface area (Å²) in [4.78, 5) is 0. The van der Waals surface area contributed by atoms with Crippen LogP contribution >= 0.6 is 0 Å². The molecule has 3 aromatic carbocycles. The molecule has 0 spiro atoms. The van der Waals surface area contributed by atoms with Crippen molar-refractivity contribution in [2.75, 3.05) is 0 Å². The highest BCUT2D eigenvalue weighted by Gasteiger charge is 2.24. The van der Waals surface area contributed by atoms with Crippen LogP contribution in [-0.4, -0.2) is 0 Å². The number of unbranched alkanes of at least 4 members (excludes halogenated alkanes) is 10. The van der Waals surface area contributed by atoms with Crippen LogP contribution in [0.25, 0.3) is 0 Å². The lowest BCUT2D eigenvalue weighted by atomic mass is 9.76. The lowest BCUT2D eigenvalue weighted by molar-refractivity contribution is 0.553. The molecule has 0 aromatic heterocycles. The molecule has 37 heavy (non-hydrogen) atoms. The fraction of sp³-hybridized carbons (Fsp3) is 0.514. The molecule has 0 nitrogen and oxygen atoms in total. The van der Waals surface area contributed by atoms with E-state index in [9.17, 15) is 0 Å². The summed E-state index contributed by atoms with van der Waals surface area (Å²) in [5.74, 6) is 0.942. The number of benzene rings is 3. The van der Waals surface area contributed by atoms with Crippen molar-refractivity contribution < 1.29 is 0 Å². The van der Waals surface area contributed by atoms with Crippen molar-refractivity contribution in [3.63, 3.8) is 0 Å². The molecule has 3 aromatic rings.